The van der Waals surface area contributed by atoms with Crippen molar-refractivity contribution in [3.63, 3.8) is 0 Å². The molecule has 0 fully saturated rings. The number of carbonyl (C=O) groups is 1. The van der Waals surface area contributed by atoms with Gasteiger partial charge in [0.15, 0.2) is 5.82 Å². The number of carboxylic acids is 1. The van der Waals surface area contributed by atoms with E-state index in [9.17, 15) is 9.18 Å². The van der Waals surface area contributed by atoms with E-state index in [4.69, 9.17) is 5.11 Å². The average Bonchev–Trinajstić information content (AvgIpc) is 2.88. The van der Waals surface area contributed by atoms with Crippen LogP contribution < -0.4 is 0 Å². The second kappa shape index (κ2) is 7.93. The highest BCUT2D eigenvalue weighted by Crippen LogP contribution is 2.16. The number of halogens is 1. The van der Waals surface area contributed by atoms with E-state index in [0.717, 1.165) is 5.75 Å². The molecule has 0 aliphatic heterocycles. The van der Waals surface area contributed by atoms with Gasteiger partial charge in [0.1, 0.15) is 17.3 Å². The highest BCUT2D eigenvalue weighted by molar-refractivity contribution is 7.98. The third kappa shape index (κ3) is 4.30. The van der Waals surface area contributed by atoms with E-state index in [-0.39, 0.29) is 12.2 Å². The van der Waals surface area contributed by atoms with Gasteiger partial charge in [0.2, 0.25) is 0 Å². The summed E-state index contributed by atoms with van der Waals surface area (Å²) in [4.78, 5) is 15.1. The van der Waals surface area contributed by atoms with Crippen LogP contribution in [0.4, 0.5) is 4.39 Å². The predicted molar refractivity (Wildman–Crippen MR) is 84.0 cm³/mol. The fourth-order valence-electron chi connectivity index (χ4n) is 2.07. The SMILES string of the molecule is CSCCc1nc(CCCC(=O)O)n(-c2ccccc2F)n1. The Morgan fingerprint density at radius 2 is 2.14 bits per heavy atom. The number of carboxylic acid groups (broad SMARTS) is 1. The number of para-hydroxylation sites is 1. The molecule has 7 heteroatoms. The number of aryl methyl sites for hydroxylation is 2. The van der Waals surface area contributed by atoms with Gasteiger partial charge in [-0.2, -0.15) is 16.9 Å². The van der Waals surface area contributed by atoms with Crippen molar-refractivity contribution in [2.45, 2.75) is 25.7 Å². The van der Waals surface area contributed by atoms with Gasteiger partial charge in [-0.05, 0) is 24.8 Å². The first-order valence-corrected chi connectivity index (χ1v) is 8.41. The number of aromatic nitrogens is 3. The Morgan fingerprint density at radius 3 is 2.82 bits per heavy atom. The second-order valence-electron chi connectivity index (χ2n) is 4.80. The van der Waals surface area contributed by atoms with Gasteiger partial charge in [0, 0.05) is 25.0 Å². The Hall–Kier alpha value is -1.89. The molecule has 0 aliphatic carbocycles. The molecule has 0 radical (unpaired) electrons. The summed E-state index contributed by atoms with van der Waals surface area (Å²) in [6, 6.07) is 6.37. The lowest BCUT2D eigenvalue weighted by atomic mass is 10.2. The Kier molecular flexibility index (Phi) is 5.94. The summed E-state index contributed by atoms with van der Waals surface area (Å²) in [5, 5.41) is 13.1. The average molecular weight is 323 g/mol. The van der Waals surface area contributed by atoms with Crippen LogP contribution in [0.15, 0.2) is 24.3 Å². The fourth-order valence-corrected chi connectivity index (χ4v) is 2.45. The van der Waals surface area contributed by atoms with E-state index in [1.54, 1.807) is 30.0 Å². The van der Waals surface area contributed by atoms with E-state index in [1.165, 1.54) is 10.7 Å². The summed E-state index contributed by atoms with van der Waals surface area (Å²) < 4.78 is 15.5. The number of aliphatic carboxylic acids is 1. The zero-order chi connectivity index (χ0) is 15.9. The van der Waals surface area contributed by atoms with E-state index >= 15 is 0 Å². The van der Waals surface area contributed by atoms with Crippen LogP contribution in [0.25, 0.3) is 5.69 Å². The minimum atomic E-state index is -0.848. The molecule has 0 saturated heterocycles. The first-order valence-electron chi connectivity index (χ1n) is 7.02. The molecule has 0 saturated carbocycles. The highest BCUT2D eigenvalue weighted by atomic mass is 32.2. The Labute approximate surface area is 132 Å². The molecule has 1 aromatic heterocycles. The number of thioether (sulfide) groups is 1. The number of benzene rings is 1. The quantitative estimate of drug-likeness (QED) is 0.809. The molecule has 0 bridgehead atoms. The van der Waals surface area contributed by atoms with Crippen molar-refractivity contribution in [3.05, 3.63) is 41.7 Å². The maximum Gasteiger partial charge on any atom is 0.303 e. The molecule has 0 aliphatic rings. The lowest BCUT2D eigenvalue weighted by Crippen LogP contribution is -2.06. The van der Waals surface area contributed by atoms with Crippen molar-refractivity contribution in [1.82, 2.24) is 14.8 Å². The molecule has 0 spiro atoms. The van der Waals surface area contributed by atoms with Crippen molar-refractivity contribution >= 4 is 17.7 Å². The van der Waals surface area contributed by atoms with Crippen LogP contribution in [-0.2, 0) is 17.6 Å². The minimum absolute atomic E-state index is 0.0598. The molecular formula is C15H18FN3O2S. The fraction of sp³-hybridized carbons (Fsp3) is 0.400. The molecule has 5 nitrogen and oxygen atoms in total. The monoisotopic (exact) mass is 323 g/mol. The minimum Gasteiger partial charge on any atom is -0.481 e. The van der Waals surface area contributed by atoms with Crippen LogP contribution in [-0.4, -0.2) is 37.8 Å². The molecule has 0 amide bonds. The standard InChI is InChI=1S/C15H18FN3O2S/c1-22-10-9-13-17-14(7-4-8-15(20)21)19(18-13)12-6-3-2-5-11(12)16/h2-3,5-6H,4,7-10H2,1H3,(H,20,21). The van der Waals surface area contributed by atoms with Crippen LogP contribution in [0.3, 0.4) is 0 Å². The van der Waals surface area contributed by atoms with Crippen molar-refractivity contribution in [3.8, 4) is 5.69 Å². The summed E-state index contributed by atoms with van der Waals surface area (Å²) >= 11 is 1.69. The predicted octanol–water partition coefficient (Wildman–Crippen LogP) is 2.72. The van der Waals surface area contributed by atoms with Gasteiger partial charge in [-0.3, -0.25) is 4.79 Å². The van der Waals surface area contributed by atoms with E-state index < -0.39 is 5.97 Å². The van der Waals surface area contributed by atoms with Crippen LogP contribution in [0.1, 0.15) is 24.5 Å². The zero-order valence-electron chi connectivity index (χ0n) is 12.3. The Morgan fingerprint density at radius 1 is 1.36 bits per heavy atom. The van der Waals surface area contributed by atoms with Gasteiger partial charge in [-0.1, -0.05) is 12.1 Å². The van der Waals surface area contributed by atoms with Crippen molar-refractivity contribution in [2.24, 2.45) is 0 Å². The van der Waals surface area contributed by atoms with Gasteiger partial charge >= 0.3 is 5.97 Å². The summed E-state index contributed by atoms with van der Waals surface area (Å²) in [6.07, 6.45) is 3.66. The molecule has 0 atom stereocenters. The molecular weight excluding hydrogens is 305 g/mol. The van der Waals surface area contributed by atoms with Crippen molar-refractivity contribution in [1.29, 1.82) is 0 Å². The third-order valence-electron chi connectivity index (χ3n) is 3.12. The number of nitrogens with zero attached hydrogens (tertiary/aromatic N) is 3. The smallest absolute Gasteiger partial charge is 0.303 e. The van der Waals surface area contributed by atoms with Crippen molar-refractivity contribution < 1.29 is 14.3 Å². The first-order chi connectivity index (χ1) is 10.6. The highest BCUT2D eigenvalue weighted by Gasteiger charge is 2.14. The van der Waals surface area contributed by atoms with Crippen LogP contribution >= 0.6 is 11.8 Å². The van der Waals surface area contributed by atoms with Gasteiger partial charge in [0.25, 0.3) is 0 Å². The third-order valence-corrected chi connectivity index (χ3v) is 3.73. The summed E-state index contributed by atoms with van der Waals surface area (Å²) in [7, 11) is 0. The van der Waals surface area contributed by atoms with E-state index in [1.807, 2.05) is 6.26 Å². The Bertz CT molecular complexity index is 645. The lowest BCUT2D eigenvalue weighted by molar-refractivity contribution is -0.137. The maximum absolute atomic E-state index is 14.0. The molecule has 118 valence electrons. The molecule has 1 N–H and O–H groups in total. The molecule has 22 heavy (non-hydrogen) atoms. The van der Waals surface area contributed by atoms with Gasteiger partial charge in [0.05, 0.1) is 0 Å². The topological polar surface area (TPSA) is 68.0 Å². The van der Waals surface area contributed by atoms with Crippen LogP contribution in [0.5, 0.6) is 0 Å². The lowest BCUT2D eigenvalue weighted by Gasteiger charge is -2.06. The van der Waals surface area contributed by atoms with Crippen LogP contribution in [0.2, 0.25) is 0 Å². The number of rotatable bonds is 8. The van der Waals surface area contributed by atoms with Gasteiger partial charge in [-0.15, -0.1) is 0 Å². The largest absolute Gasteiger partial charge is 0.481 e. The van der Waals surface area contributed by atoms with Crippen LogP contribution in [0, 0.1) is 5.82 Å². The number of hydrogen-bond acceptors (Lipinski definition) is 4. The van der Waals surface area contributed by atoms with Crippen molar-refractivity contribution in [2.75, 3.05) is 12.0 Å². The van der Waals surface area contributed by atoms with E-state index in [0.29, 0.717) is 36.6 Å². The van der Waals surface area contributed by atoms with Gasteiger partial charge in [-0.25, -0.2) is 14.1 Å². The molecule has 1 heterocycles. The number of hydrogen-bond donors (Lipinski definition) is 1. The Balaban J connectivity index is 2.26. The zero-order valence-corrected chi connectivity index (χ0v) is 13.1. The maximum atomic E-state index is 14.0. The molecule has 1 aromatic carbocycles. The summed E-state index contributed by atoms with van der Waals surface area (Å²) in [5.74, 6) is 0.920. The second-order valence-corrected chi connectivity index (χ2v) is 5.78. The van der Waals surface area contributed by atoms with E-state index in [2.05, 4.69) is 10.1 Å². The molecule has 0 unspecified atom stereocenters. The molecule has 2 rings (SSSR count). The normalized spacial score (nSPS) is 10.8. The summed E-state index contributed by atoms with van der Waals surface area (Å²) in [6.45, 7) is 0. The summed E-state index contributed by atoms with van der Waals surface area (Å²) in [5.41, 5.74) is 0.343. The molecule has 2 aromatic rings. The first kappa shape index (κ1) is 16.5. The van der Waals surface area contributed by atoms with Gasteiger partial charge < -0.3 is 5.11 Å².